The zero-order valence-corrected chi connectivity index (χ0v) is 8.73. The summed E-state index contributed by atoms with van der Waals surface area (Å²) in [7, 11) is 0. The van der Waals surface area contributed by atoms with Gasteiger partial charge in [0.15, 0.2) is 0 Å². The molecule has 0 aromatic heterocycles. The van der Waals surface area contributed by atoms with E-state index in [9.17, 15) is 9.59 Å². The minimum Gasteiger partial charge on any atom is -0.269 e. The van der Waals surface area contributed by atoms with Crippen molar-refractivity contribution in [1.82, 2.24) is 0 Å². The Balaban J connectivity index is 2.40. The van der Waals surface area contributed by atoms with Crippen molar-refractivity contribution in [1.29, 1.82) is 0 Å². The summed E-state index contributed by atoms with van der Waals surface area (Å²) in [5.41, 5.74) is 1.34. The third kappa shape index (κ3) is 1.73. The lowest BCUT2D eigenvalue weighted by Gasteiger charge is -2.13. The Morgan fingerprint density at radius 3 is 2.44 bits per heavy atom. The van der Waals surface area contributed by atoms with E-state index in [0.717, 1.165) is 10.5 Å². The number of hydrogen-bond acceptors (Lipinski definition) is 2. The fourth-order valence-corrected chi connectivity index (χ4v) is 1.52. The molecule has 1 aliphatic rings. The molecule has 0 fully saturated rings. The van der Waals surface area contributed by atoms with E-state index in [-0.39, 0.29) is 11.8 Å². The highest BCUT2D eigenvalue weighted by Crippen LogP contribution is 2.19. The lowest BCUT2D eigenvalue weighted by molar-refractivity contribution is -0.119. The van der Waals surface area contributed by atoms with Gasteiger partial charge in [-0.1, -0.05) is 12.0 Å². The second kappa shape index (κ2) is 4.03. The number of carbonyl (C=O) groups excluding carboxylic acids is 2. The molecular formula is C13H9NO2. The van der Waals surface area contributed by atoms with Gasteiger partial charge in [0.1, 0.15) is 0 Å². The molecule has 0 radical (unpaired) electrons. The molecule has 2 amide bonds. The zero-order chi connectivity index (χ0) is 11.5. The predicted molar refractivity (Wildman–Crippen MR) is 60.6 cm³/mol. The monoisotopic (exact) mass is 211 g/mol. The number of rotatable bonds is 1. The van der Waals surface area contributed by atoms with E-state index in [1.165, 1.54) is 12.2 Å². The van der Waals surface area contributed by atoms with Crippen molar-refractivity contribution in [3.8, 4) is 11.8 Å². The molecule has 0 spiro atoms. The third-order valence-electron chi connectivity index (χ3n) is 2.18. The van der Waals surface area contributed by atoms with Gasteiger partial charge in [-0.05, 0) is 25.1 Å². The van der Waals surface area contributed by atoms with Crippen LogP contribution in [0, 0.1) is 11.8 Å². The maximum atomic E-state index is 11.4. The number of hydrogen-bond donors (Lipinski definition) is 0. The lowest BCUT2D eigenvalue weighted by Crippen LogP contribution is -2.29. The molecule has 3 heteroatoms. The summed E-state index contributed by atoms with van der Waals surface area (Å²) in [6.45, 7) is 1.74. The lowest BCUT2D eigenvalue weighted by atomic mass is 10.2. The van der Waals surface area contributed by atoms with Gasteiger partial charge in [0, 0.05) is 17.7 Å². The Morgan fingerprint density at radius 2 is 1.81 bits per heavy atom. The van der Waals surface area contributed by atoms with Gasteiger partial charge in [-0.25, -0.2) is 4.90 Å². The summed E-state index contributed by atoms with van der Waals surface area (Å²) < 4.78 is 0. The number of nitrogens with zero attached hydrogens (tertiary/aromatic N) is 1. The van der Waals surface area contributed by atoms with Crippen molar-refractivity contribution in [2.24, 2.45) is 0 Å². The number of amides is 2. The van der Waals surface area contributed by atoms with Crippen molar-refractivity contribution in [2.75, 3.05) is 4.90 Å². The molecular weight excluding hydrogens is 202 g/mol. The number of benzene rings is 1. The zero-order valence-electron chi connectivity index (χ0n) is 8.73. The molecule has 0 unspecified atom stereocenters. The minimum atomic E-state index is -0.313. The largest absolute Gasteiger partial charge is 0.269 e. The van der Waals surface area contributed by atoms with Crippen LogP contribution in [0.15, 0.2) is 36.4 Å². The summed E-state index contributed by atoms with van der Waals surface area (Å²) in [5, 5.41) is 0. The first kappa shape index (κ1) is 10.2. The normalized spacial score (nSPS) is 13.9. The second-order valence-electron chi connectivity index (χ2n) is 3.27. The quantitative estimate of drug-likeness (QED) is 0.521. The summed E-state index contributed by atoms with van der Waals surface area (Å²) >= 11 is 0. The average Bonchev–Trinajstić information content (AvgIpc) is 2.59. The van der Waals surface area contributed by atoms with Gasteiger partial charge in [0.05, 0.1) is 5.69 Å². The van der Waals surface area contributed by atoms with E-state index in [1.807, 2.05) is 6.07 Å². The van der Waals surface area contributed by atoms with Gasteiger partial charge in [-0.2, -0.15) is 0 Å². The summed E-state index contributed by atoms with van der Waals surface area (Å²) in [6.07, 6.45) is 2.53. The van der Waals surface area contributed by atoms with Crippen molar-refractivity contribution in [3.63, 3.8) is 0 Å². The molecule has 16 heavy (non-hydrogen) atoms. The molecule has 2 rings (SSSR count). The second-order valence-corrected chi connectivity index (χ2v) is 3.27. The van der Waals surface area contributed by atoms with Crippen LogP contribution in [0.4, 0.5) is 5.69 Å². The molecule has 78 valence electrons. The van der Waals surface area contributed by atoms with Crippen molar-refractivity contribution >= 4 is 17.5 Å². The van der Waals surface area contributed by atoms with Crippen LogP contribution in [0.25, 0.3) is 0 Å². The highest BCUT2D eigenvalue weighted by Gasteiger charge is 2.24. The van der Waals surface area contributed by atoms with Crippen LogP contribution in [0.3, 0.4) is 0 Å². The summed E-state index contributed by atoms with van der Waals surface area (Å²) in [5.74, 6) is 5.02. The maximum Gasteiger partial charge on any atom is 0.258 e. The Hall–Kier alpha value is -2.34. The molecule has 0 bridgehead atoms. The molecule has 1 aliphatic heterocycles. The fraction of sp³-hybridized carbons (Fsp3) is 0.0769. The Labute approximate surface area is 93.4 Å². The summed E-state index contributed by atoms with van der Waals surface area (Å²) in [6, 6.07) is 7.04. The van der Waals surface area contributed by atoms with Crippen LogP contribution in [-0.4, -0.2) is 11.8 Å². The SMILES string of the molecule is CC#Cc1cccc(N2C(=O)C=CC2=O)c1. The number of anilines is 1. The third-order valence-corrected chi connectivity index (χ3v) is 2.18. The van der Waals surface area contributed by atoms with Crippen molar-refractivity contribution in [3.05, 3.63) is 42.0 Å². The van der Waals surface area contributed by atoms with Gasteiger partial charge < -0.3 is 0 Å². The first-order chi connectivity index (χ1) is 7.72. The molecule has 1 aromatic rings. The van der Waals surface area contributed by atoms with Crippen molar-refractivity contribution < 1.29 is 9.59 Å². The molecule has 0 atom stereocenters. The number of imide groups is 1. The summed E-state index contributed by atoms with van der Waals surface area (Å²) in [4.78, 5) is 24.0. The first-order valence-corrected chi connectivity index (χ1v) is 4.81. The maximum absolute atomic E-state index is 11.4. The van der Waals surface area contributed by atoms with E-state index >= 15 is 0 Å². The Bertz CT molecular complexity index is 529. The first-order valence-electron chi connectivity index (χ1n) is 4.81. The van der Waals surface area contributed by atoms with Crippen molar-refractivity contribution in [2.45, 2.75) is 6.92 Å². The van der Waals surface area contributed by atoms with Gasteiger partial charge >= 0.3 is 0 Å². The van der Waals surface area contributed by atoms with Gasteiger partial charge in [-0.3, -0.25) is 9.59 Å². The van der Waals surface area contributed by atoms with E-state index in [2.05, 4.69) is 11.8 Å². The topological polar surface area (TPSA) is 37.4 Å². The van der Waals surface area contributed by atoms with E-state index in [4.69, 9.17) is 0 Å². The standard InChI is InChI=1S/C13H9NO2/c1-2-4-10-5-3-6-11(9-10)14-12(15)7-8-13(14)16/h3,5-9H,1H3. The molecule has 0 aliphatic carbocycles. The molecule has 3 nitrogen and oxygen atoms in total. The predicted octanol–water partition coefficient (Wildman–Crippen LogP) is 1.49. The molecule has 0 saturated heterocycles. The Kier molecular flexibility index (Phi) is 2.57. The van der Waals surface area contributed by atoms with Gasteiger partial charge in [-0.15, -0.1) is 5.92 Å². The molecule has 1 aromatic carbocycles. The molecule has 1 heterocycles. The fourth-order valence-electron chi connectivity index (χ4n) is 1.52. The van der Waals surface area contributed by atoms with Crippen LogP contribution in [0.1, 0.15) is 12.5 Å². The molecule has 0 saturated carbocycles. The average molecular weight is 211 g/mol. The van der Waals surface area contributed by atoms with Crippen LogP contribution in [-0.2, 0) is 9.59 Å². The highest BCUT2D eigenvalue weighted by molar-refractivity contribution is 6.28. The van der Waals surface area contributed by atoms with Crippen LogP contribution in [0.2, 0.25) is 0 Å². The van der Waals surface area contributed by atoms with E-state index in [1.54, 1.807) is 25.1 Å². The van der Waals surface area contributed by atoms with Crippen LogP contribution in [0.5, 0.6) is 0 Å². The molecule has 0 N–H and O–H groups in total. The Morgan fingerprint density at radius 1 is 1.12 bits per heavy atom. The number of carbonyl (C=O) groups is 2. The van der Waals surface area contributed by atoms with Crippen LogP contribution < -0.4 is 4.90 Å². The minimum absolute atomic E-state index is 0.313. The van der Waals surface area contributed by atoms with E-state index < -0.39 is 0 Å². The smallest absolute Gasteiger partial charge is 0.258 e. The van der Waals surface area contributed by atoms with Crippen LogP contribution >= 0.6 is 0 Å². The van der Waals surface area contributed by atoms with Gasteiger partial charge in [0.25, 0.3) is 11.8 Å². The van der Waals surface area contributed by atoms with Gasteiger partial charge in [0.2, 0.25) is 0 Å². The van der Waals surface area contributed by atoms with E-state index in [0.29, 0.717) is 5.69 Å². The highest BCUT2D eigenvalue weighted by atomic mass is 16.2.